The van der Waals surface area contributed by atoms with Crippen molar-refractivity contribution in [3.8, 4) is 0 Å². The van der Waals surface area contributed by atoms with Crippen molar-refractivity contribution in [3.05, 3.63) is 18.2 Å². The summed E-state index contributed by atoms with van der Waals surface area (Å²) in [5.74, 6) is -2.72. The van der Waals surface area contributed by atoms with E-state index in [4.69, 9.17) is 10.8 Å². The first-order chi connectivity index (χ1) is 8.35. The molecule has 0 spiro atoms. The monoisotopic (exact) mass is 255 g/mol. The van der Waals surface area contributed by atoms with Gasteiger partial charge in [0, 0.05) is 12.6 Å². The highest BCUT2D eigenvalue weighted by molar-refractivity contribution is 5.79. The lowest BCUT2D eigenvalue weighted by molar-refractivity contribution is -0.145. The predicted octanol–water partition coefficient (Wildman–Crippen LogP) is 0.235. The molecule has 0 fully saturated rings. The van der Waals surface area contributed by atoms with Crippen molar-refractivity contribution in [3.63, 3.8) is 0 Å². The van der Waals surface area contributed by atoms with Gasteiger partial charge >= 0.3 is 11.9 Å². The minimum atomic E-state index is -1.49. The van der Waals surface area contributed by atoms with Crippen molar-refractivity contribution in [2.45, 2.75) is 31.7 Å². The molecule has 0 aromatic carbocycles. The summed E-state index contributed by atoms with van der Waals surface area (Å²) in [6.45, 7) is 1.53. The zero-order chi connectivity index (χ0) is 13.8. The number of carboxylic acid groups (broad SMARTS) is 2. The number of rotatable bonds is 7. The lowest BCUT2D eigenvalue weighted by Gasteiger charge is -2.24. The number of nitrogens with one attached hydrogen (secondary N) is 1. The molecule has 1 aromatic rings. The summed E-state index contributed by atoms with van der Waals surface area (Å²) in [6, 6.07) is 0. The summed E-state index contributed by atoms with van der Waals surface area (Å²) in [7, 11) is 0. The van der Waals surface area contributed by atoms with E-state index >= 15 is 0 Å². The second-order valence-corrected chi connectivity index (χ2v) is 4.48. The maximum Gasteiger partial charge on any atom is 0.324 e. The first-order valence-electron chi connectivity index (χ1n) is 5.58. The van der Waals surface area contributed by atoms with Crippen LogP contribution in [0.3, 0.4) is 0 Å². The summed E-state index contributed by atoms with van der Waals surface area (Å²) in [5.41, 5.74) is 4.89. The SMILES string of the molecule is CC(CCC(N)(Cc1c[nH]cn1)C(=O)O)C(=O)O. The van der Waals surface area contributed by atoms with Crippen molar-refractivity contribution in [1.82, 2.24) is 9.97 Å². The number of carbonyl (C=O) groups is 2. The molecule has 0 aliphatic rings. The van der Waals surface area contributed by atoms with E-state index in [2.05, 4.69) is 9.97 Å². The number of aromatic amines is 1. The number of H-pyrrole nitrogens is 1. The summed E-state index contributed by atoms with van der Waals surface area (Å²) in [4.78, 5) is 28.6. The largest absolute Gasteiger partial charge is 0.481 e. The Morgan fingerprint density at radius 1 is 1.56 bits per heavy atom. The summed E-state index contributed by atoms with van der Waals surface area (Å²) in [6.07, 6.45) is 3.38. The van der Waals surface area contributed by atoms with Crippen LogP contribution in [0.5, 0.6) is 0 Å². The van der Waals surface area contributed by atoms with Gasteiger partial charge in [-0.3, -0.25) is 9.59 Å². The minimum absolute atomic E-state index is 0.0676. The summed E-state index contributed by atoms with van der Waals surface area (Å²) in [5, 5.41) is 17.9. The third kappa shape index (κ3) is 3.56. The van der Waals surface area contributed by atoms with Gasteiger partial charge in [-0.2, -0.15) is 0 Å². The van der Waals surface area contributed by atoms with Crippen LogP contribution in [0.25, 0.3) is 0 Å². The predicted molar refractivity (Wildman–Crippen MR) is 62.9 cm³/mol. The van der Waals surface area contributed by atoms with Gasteiger partial charge in [0.2, 0.25) is 0 Å². The molecule has 0 saturated carbocycles. The molecule has 0 radical (unpaired) electrons. The van der Waals surface area contributed by atoms with E-state index in [0.717, 1.165) is 0 Å². The zero-order valence-corrected chi connectivity index (χ0v) is 10.1. The van der Waals surface area contributed by atoms with Crippen LogP contribution in [0.15, 0.2) is 12.5 Å². The van der Waals surface area contributed by atoms with Crippen LogP contribution in [0.2, 0.25) is 0 Å². The van der Waals surface area contributed by atoms with Gasteiger partial charge in [0.1, 0.15) is 5.54 Å². The van der Waals surface area contributed by atoms with Gasteiger partial charge in [0.15, 0.2) is 0 Å². The number of nitrogens with zero attached hydrogens (tertiary/aromatic N) is 1. The van der Waals surface area contributed by atoms with Crippen LogP contribution >= 0.6 is 0 Å². The summed E-state index contributed by atoms with van der Waals surface area (Å²) >= 11 is 0. The van der Waals surface area contributed by atoms with Crippen LogP contribution < -0.4 is 5.73 Å². The van der Waals surface area contributed by atoms with Gasteiger partial charge in [-0.05, 0) is 12.8 Å². The molecule has 1 aromatic heterocycles. The van der Waals surface area contributed by atoms with Crippen LogP contribution in [0, 0.1) is 5.92 Å². The normalized spacial score (nSPS) is 15.9. The molecule has 0 aliphatic carbocycles. The van der Waals surface area contributed by atoms with Crippen molar-refractivity contribution < 1.29 is 19.8 Å². The first-order valence-corrected chi connectivity index (χ1v) is 5.58. The number of aliphatic carboxylic acids is 2. The number of imidazole rings is 1. The number of hydrogen-bond acceptors (Lipinski definition) is 4. The molecular formula is C11H17N3O4. The highest BCUT2D eigenvalue weighted by atomic mass is 16.4. The molecule has 1 heterocycles. The number of aromatic nitrogens is 2. The molecule has 2 atom stereocenters. The molecule has 100 valence electrons. The Morgan fingerprint density at radius 3 is 2.67 bits per heavy atom. The molecule has 0 amide bonds. The van der Waals surface area contributed by atoms with Gasteiger partial charge in [-0.1, -0.05) is 6.92 Å². The molecule has 7 heteroatoms. The van der Waals surface area contributed by atoms with Gasteiger partial charge in [0.05, 0.1) is 17.9 Å². The van der Waals surface area contributed by atoms with Crippen molar-refractivity contribution in [1.29, 1.82) is 0 Å². The highest BCUT2D eigenvalue weighted by Crippen LogP contribution is 2.19. The Morgan fingerprint density at radius 2 is 2.22 bits per heavy atom. The van der Waals surface area contributed by atoms with E-state index in [9.17, 15) is 14.7 Å². The van der Waals surface area contributed by atoms with E-state index in [-0.39, 0.29) is 19.3 Å². The Balaban J connectivity index is 2.69. The quantitative estimate of drug-likeness (QED) is 0.552. The van der Waals surface area contributed by atoms with Crippen molar-refractivity contribution in [2.75, 3.05) is 0 Å². The fraction of sp³-hybridized carbons (Fsp3) is 0.545. The Kier molecular flexibility index (Phi) is 4.43. The van der Waals surface area contributed by atoms with Gasteiger partial charge < -0.3 is 20.9 Å². The van der Waals surface area contributed by atoms with Gasteiger partial charge in [-0.25, -0.2) is 4.98 Å². The van der Waals surface area contributed by atoms with Crippen LogP contribution in [-0.2, 0) is 16.0 Å². The third-order valence-corrected chi connectivity index (χ3v) is 2.92. The second-order valence-electron chi connectivity index (χ2n) is 4.48. The Bertz CT molecular complexity index is 418. The second kappa shape index (κ2) is 5.63. The summed E-state index contributed by atoms with van der Waals surface area (Å²) < 4.78 is 0. The first kappa shape index (κ1) is 14.2. The standard InChI is InChI=1S/C11H17N3O4/c1-7(9(15)16)2-3-11(12,10(17)18)4-8-5-13-6-14-8/h5-7H,2-4,12H2,1H3,(H,13,14)(H,15,16)(H,17,18). The average Bonchev–Trinajstić information content (AvgIpc) is 2.78. The lowest BCUT2D eigenvalue weighted by Crippen LogP contribution is -2.50. The molecule has 5 N–H and O–H groups in total. The van der Waals surface area contributed by atoms with Crippen molar-refractivity contribution in [2.24, 2.45) is 11.7 Å². The van der Waals surface area contributed by atoms with Gasteiger partial charge in [0.25, 0.3) is 0 Å². The maximum atomic E-state index is 11.2. The van der Waals surface area contributed by atoms with Crippen LogP contribution in [0.1, 0.15) is 25.5 Å². The molecule has 0 bridgehead atoms. The fourth-order valence-corrected chi connectivity index (χ4v) is 1.58. The van der Waals surface area contributed by atoms with Gasteiger partial charge in [-0.15, -0.1) is 0 Å². The molecule has 2 unspecified atom stereocenters. The molecule has 0 aliphatic heterocycles. The number of carboxylic acids is 2. The molecule has 7 nitrogen and oxygen atoms in total. The molecule has 18 heavy (non-hydrogen) atoms. The highest BCUT2D eigenvalue weighted by Gasteiger charge is 2.35. The van der Waals surface area contributed by atoms with E-state index < -0.39 is 23.4 Å². The van der Waals surface area contributed by atoms with Crippen LogP contribution in [-0.4, -0.2) is 37.7 Å². The van der Waals surface area contributed by atoms with Crippen LogP contribution in [0.4, 0.5) is 0 Å². The minimum Gasteiger partial charge on any atom is -0.481 e. The molecular weight excluding hydrogens is 238 g/mol. The van der Waals surface area contributed by atoms with E-state index in [1.165, 1.54) is 13.3 Å². The Labute approximate surface area is 104 Å². The topological polar surface area (TPSA) is 129 Å². The third-order valence-electron chi connectivity index (χ3n) is 2.92. The average molecular weight is 255 g/mol. The van der Waals surface area contributed by atoms with E-state index in [0.29, 0.717) is 5.69 Å². The molecule has 0 saturated heterocycles. The maximum absolute atomic E-state index is 11.2. The van der Waals surface area contributed by atoms with Crippen molar-refractivity contribution >= 4 is 11.9 Å². The lowest BCUT2D eigenvalue weighted by atomic mass is 9.86. The van der Waals surface area contributed by atoms with E-state index in [1.54, 1.807) is 6.20 Å². The number of hydrogen-bond donors (Lipinski definition) is 4. The smallest absolute Gasteiger partial charge is 0.324 e. The number of nitrogens with two attached hydrogens (primary N) is 1. The fourth-order valence-electron chi connectivity index (χ4n) is 1.58. The molecule has 1 rings (SSSR count). The van der Waals surface area contributed by atoms with E-state index in [1.807, 2.05) is 0 Å². The zero-order valence-electron chi connectivity index (χ0n) is 10.1. The Hall–Kier alpha value is -1.89.